The lowest BCUT2D eigenvalue weighted by Crippen LogP contribution is -2.37. The van der Waals surface area contributed by atoms with Crippen LogP contribution in [0.4, 0.5) is 11.4 Å². The molecule has 0 aliphatic rings. The van der Waals surface area contributed by atoms with Crippen LogP contribution in [0.2, 0.25) is 0 Å². The minimum Gasteiger partial charge on any atom is -0.462 e. The minimum absolute atomic E-state index is 0.170. The highest BCUT2D eigenvalue weighted by atomic mass is 79.9. The number of para-hydroxylation sites is 1. The Kier molecular flexibility index (Phi) is 6.55. The van der Waals surface area contributed by atoms with Crippen molar-refractivity contribution in [2.24, 2.45) is 0 Å². The largest absolute Gasteiger partial charge is 0.462 e. The molecule has 27 heavy (non-hydrogen) atoms. The predicted octanol–water partition coefficient (Wildman–Crippen LogP) is 3.50. The van der Waals surface area contributed by atoms with Crippen molar-refractivity contribution < 1.29 is 22.9 Å². The van der Waals surface area contributed by atoms with Crippen LogP contribution in [-0.2, 0) is 19.6 Å². The molecule has 0 spiro atoms. The van der Waals surface area contributed by atoms with Crippen LogP contribution in [0.25, 0.3) is 0 Å². The van der Waals surface area contributed by atoms with Crippen LogP contribution in [0.1, 0.15) is 13.8 Å². The van der Waals surface area contributed by atoms with E-state index in [0.717, 1.165) is 16.4 Å². The average Bonchev–Trinajstić information content (AvgIpc) is 2.59. The Bertz CT molecular complexity index is 961. The van der Waals surface area contributed by atoms with Gasteiger partial charge in [0.1, 0.15) is 6.54 Å². The molecule has 0 fully saturated rings. The lowest BCUT2D eigenvalue weighted by atomic mass is 10.3. The van der Waals surface area contributed by atoms with E-state index in [0.29, 0.717) is 4.47 Å². The number of halogens is 1. The van der Waals surface area contributed by atoms with Gasteiger partial charge >= 0.3 is 5.97 Å². The van der Waals surface area contributed by atoms with Gasteiger partial charge < -0.3 is 4.74 Å². The lowest BCUT2D eigenvalue weighted by Gasteiger charge is -2.24. The number of carbonyl (C=O) groups excluding carboxylic acids is 1. The lowest BCUT2D eigenvalue weighted by molar-refractivity contribution is -0.387. The second kappa shape index (κ2) is 8.49. The van der Waals surface area contributed by atoms with E-state index in [1.165, 1.54) is 24.3 Å². The number of carbonyl (C=O) groups is 1. The Morgan fingerprint density at radius 3 is 2.48 bits per heavy atom. The van der Waals surface area contributed by atoms with E-state index in [9.17, 15) is 23.3 Å². The summed E-state index contributed by atoms with van der Waals surface area (Å²) in [5.74, 6) is -0.771. The molecule has 0 radical (unpaired) electrons. The van der Waals surface area contributed by atoms with Crippen LogP contribution < -0.4 is 4.31 Å². The number of esters is 1. The van der Waals surface area contributed by atoms with Gasteiger partial charge in [0.2, 0.25) is 0 Å². The van der Waals surface area contributed by atoms with E-state index in [-0.39, 0.29) is 5.69 Å². The number of ether oxygens (including phenoxy) is 1. The summed E-state index contributed by atoms with van der Waals surface area (Å²) in [5, 5.41) is 11.3. The fourth-order valence-corrected chi connectivity index (χ4v) is 4.26. The number of hydrogen-bond acceptors (Lipinski definition) is 6. The number of hydrogen-bond donors (Lipinski definition) is 0. The normalized spacial score (nSPS) is 11.3. The second-order valence-electron chi connectivity index (χ2n) is 5.76. The van der Waals surface area contributed by atoms with E-state index in [1.807, 2.05) is 0 Å². The van der Waals surface area contributed by atoms with Crippen molar-refractivity contribution in [3.05, 3.63) is 63.1 Å². The third-order valence-corrected chi connectivity index (χ3v) is 5.68. The van der Waals surface area contributed by atoms with Gasteiger partial charge in [-0.15, -0.1) is 0 Å². The van der Waals surface area contributed by atoms with Gasteiger partial charge in [-0.25, -0.2) is 8.42 Å². The Labute approximate surface area is 165 Å². The number of benzene rings is 2. The predicted molar refractivity (Wildman–Crippen MR) is 103 cm³/mol. The zero-order chi connectivity index (χ0) is 20.2. The van der Waals surface area contributed by atoms with E-state index in [2.05, 4.69) is 15.9 Å². The average molecular weight is 457 g/mol. The van der Waals surface area contributed by atoms with Gasteiger partial charge in [0, 0.05) is 10.5 Å². The van der Waals surface area contributed by atoms with Crippen LogP contribution in [0.5, 0.6) is 0 Å². The molecule has 0 atom stereocenters. The monoisotopic (exact) mass is 456 g/mol. The number of nitro benzene ring substituents is 1. The van der Waals surface area contributed by atoms with Gasteiger partial charge in [-0.2, -0.15) is 0 Å². The van der Waals surface area contributed by atoms with Crippen molar-refractivity contribution in [2.45, 2.75) is 24.8 Å². The van der Waals surface area contributed by atoms with Crippen molar-refractivity contribution in [1.82, 2.24) is 0 Å². The number of nitro groups is 1. The number of nitrogens with zero attached hydrogens (tertiary/aromatic N) is 2. The van der Waals surface area contributed by atoms with E-state index in [1.54, 1.807) is 26.0 Å². The van der Waals surface area contributed by atoms with Gasteiger partial charge in [0.25, 0.3) is 15.7 Å². The van der Waals surface area contributed by atoms with E-state index in [4.69, 9.17) is 4.74 Å². The van der Waals surface area contributed by atoms with E-state index >= 15 is 0 Å². The molecular formula is C17H17BrN2O6S. The number of rotatable bonds is 7. The van der Waals surface area contributed by atoms with Crippen molar-refractivity contribution >= 4 is 43.3 Å². The maximum Gasteiger partial charge on any atom is 0.327 e. The summed E-state index contributed by atoms with van der Waals surface area (Å²) in [5.41, 5.74) is -0.405. The standard InChI is InChI=1S/C17H17BrN2O6S/c1-12(2)26-17(21)11-19(14-7-5-6-13(18)10-14)27(24,25)16-9-4-3-8-15(16)20(22)23/h3-10,12H,11H2,1-2H3. The summed E-state index contributed by atoms with van der Waals surface area (Å²) in [6.45, 7) is 2.65. The molecule has 2 aromatic rings. The fraction of sp³-hybridized carbons (Fsp3) is 0.235. The van der Waals surface area contributed by atoms with Crippen molar-refractivity contribution in [1.29, 1.82) is 0 Å². The maximum atomic E-state index is 13.2. The third kappa shape index (κ3) is 5.04. The molecule has 0 N–H and O–H groups in total. The van der Waals surface area contributed by atoms with Crippen LogP contribution in [0, 0.1) is 10.1 Å². The molecule has 0 aromatic heterocycles. The fourth-order valence-electron chi connectivity index (χ4n) is 2.31. The Morgan fingerprint density at radius 1 is 1.22 bits per heavy atom. The van der Waals surface area contributed by atoms with Gasteiger partial charge in [0.15, 0.2) is 4.90 Å². The van der Waals surface area contributed by atoms with Crippen molar-refractivity contribution in [3.63, 3.8) is 0 Å². The molecule has 0 aliphatic carbocycles. The molecule has 0 unspecified atom stereocenters. The van der Waals surface area contributed by atoms with Gasteiger partial charge in [-0.1, -0.05) is 34.1 Å². The highest BCUT2D eigenvalue weighted by molar-refractivity contribution is 9.10. The number of sulfonamides is 1. The van der Waals surface area contributed by atoms with Gasteiger partial charge in [0.05, 0.1) is 16.7 Å². The van der Waals surface area contributed by atoms with E-state index < -0.39 is 44.1 Å². The van der Waals surface area contributed by atoms with Crippen LogP contribution in [0.15, 0.2) is 57.9 Å². The molecule has 0 bridgehead atoms. The zero-order valence-corrected chi connectivity index (χ0v) is 16.9. The first-order valence-electron chi connectivity index (χ1n) is 7.84. The van der Waals surface area contributed by atoms with Gasteiger partial charge in [-0.3, -0.25) is 19.2 Å². The first kappa shape index (κ1) is 20.8. The topological polar surface area (TPSA) is 107 Å². The molecule has 8 nitrogen and oxygen atoms in total. The highest BCUT2D eigenvalue weighted by Crippen LogP contribution is 2.31. The summed E-state index contributed by atoms with van der Waals surface area (Å²) in [6.07, 6.45) is -0.435. The number of anilines is 1. The molecule has 0 saturated carbocycles. The summed E-state index contributed by atoms with van der Waals surface area (Å²) in [4.78, 5) is 22.1. The molecule has 2 rings (SSSR count). The molecule has 0 saturated heterocycles. The van der Waals surface area contributed by atoms with Crippen LogP contribution in [-0.4, -0.2) is 32.0 Å². The molecule has 10 heteroatoms. The summed E-state index contributed by atoms with van der Waals surface area (Å²) in [6, 6.07) is 11.2. The van der Waals surface area contributed by atoms with Crippen molar-refractivity contribution in [2.75, 3.05) is 10.8 Å². The van der Waals surface area contributed by atoms with Crippen LogP contribution >= 0.6 is 15.9 Å². The molecule has 144 valence electrons. The SMILES string of the molecule is CC(C)OC(=O)CN(c1cccc(Br)c1)S(=O)(=O)c1ccccc1[N+](=O)[O-]. The minimum atomic E-state index is -4.41. The first-order valence-corrected chi connectivity index (χ1v) is 10.1. The summed E-state index contributed by atoms with van der Waals surface area (Å²) >= 11 is 3.25. The highest BCUT2D eigenvalue weighted by Gasteiger charge is 2.33. The molecule has 0 amide bonds. The summed E-state index contributed by atoms with van der Waals surface area (Å²) < 4.78 is 32.8. The van der Waals surface area contributed by atoms with Gasteiger partial charge in [-0.05, 0) is 38.1 Å². The quantitative estimate of drug-likeness (QED) is 0.358. The molecular weight excluding hydrogens is 440 g/mol. The molecule has 2 aromatic carbocycles. The second-order valence-corrected chi connectivity index (χ2v) is 8.50. The zero-order valence-electron chi connectivity index (χ0n) is 14.5. The third-order valence-electron chi connectivity index (χ3n) is 3.37. The first-order chi connectivity index (χ1) is 12.6. The molecule has 0 aliphatic heterocycles. The van der Waals surface area contributed by atoms with Crippen molar-refractivity contribution in [3.8, 4) is 0 Å². The smallest absolute Gasteiger partial charge is 0.327 e. The van der Waals surface area contributed by atoms with Crippen LogP contribution in [0.3, 0.4) is 0 Å². The Morgan fingerprint density at radius 2 is 1.89 bits per heavy atom. The Hall–Kier alpha value is -2.46. The Balaban J connectivity index is 2.58. The molecule has 0 heterocycles. The summed E-state index contributed by atoms with van der Waals surface area (Å²) in [7, 11) is -4.41. The maximum absolute atomic E-state index is 13.2.